The first-order valence-corrected chi connectivity index (χ1v) is 12.2. The third kappa shape index (κ3) is 5.56. The van der Waals surface area contributed by atoms with E-state index in [2.05, 4.69) is 20.4 Å². The maximum Gasteiger partial charge on any atom is 0.416 e. The zero-order valence-electron chi connectivity index (χ0n) is 19.2. The number of hydrogen-bond donors (Lipinski definition) is 3. The summed E-state index contributed by atoms with van der Waals surface area (Å²) in [6.45, 7) is 0.743. The lowest BCUT2D eigenvalue weighted by molar-refractivity contribution is -0.137. The Labute approximate surface area is 212 Å². The second kappa shape index (κ2) is 9.81. The van der Waals surface area contributed by atoms with Crippen molar-refractivity contribution in [2.75, 3.05) is 11.9 Å². The van der Waals surface area contributed by atoms with Crippen molar-refractivity contribution in [2.24, 2.45) is 5.73 Å². The highest BCUT2D eigenvalue weighted by atomic mass is 32.1. The summed E-state index contributed by atoms with van der Waals surface area (Å²) in [6.07, 6.45) is -2.29. The van der Waals surface area contributed by atoms with Crippen LogP contribution in [-0.4, -0.2) is 38.6 Å². The lowest BCUT2D eigenvalue weighted by atomic mass is 10.1. The summed E-state index contributed by atoms with van der Waals surface area (Å²) >= 11 is 1.19. The molecular formula is C24H21F4N7OS. The molecule has 1 aliphatic rings. The fourth-order valence-corrected chi connectivity index (χ4v) is 4.95. The van der Waals surface area contributed by atoms with Crippen LogP contribution in [-0.2, 0) is 12.6 Å². The fourth-order valence-electron chi connectivity index (χ4n) is 4.21. The van der Waals surface area contributed by atoms with E-state index in [4.69, 9.17) is 15.7 Å². The summed E-state index contributed by atoms with van der Waals surface area (Å²) in [4.78, 5) is 10.6. The zero-order chi connectivity index (χ0) is 26.2. The number of rotatable bonds is 6. The van der Waals surface area contributed by atoms with Crippen molar-refractivity contribution in [3.8, 4) is 22.6 Å². The van der Waals surface area contributed by atoms with Gasteiger partial charge in [0, 0.05) is 41.2 Å². The SMILES string of the molecule is N=C(N)N1CCC[C@H]1Cc1nc(-c2ccc(Nc3nc(-c4cc(F)cc(C(F)(F)F)c4)cs3)cc2)no1. The van der Waals surface area contributed by atoms with E-state index in [-0.39, 0.29) is 23.3 Å². The number of thiazole rings is 1. The minimum atomic E-state index is -4.65. The molecule has 13 heteroatoms. The third-order valence-electron chi connectivity index (χ3n) is 5.98. The first-order chi connectivity index (χ1) is 17.7. The van der Waals surface area contributed by atoms with E-state index < -0.39 is 17.6 Å². The van der Waals surface area contributed by atoms with Gasteiger partial charge in [0.1, 0.15) is 5.82 Å². The molecule has 8 nitrogen and oxygen atoms in total. The minimum Gasteiger partial charge on any atom is -0.370 e. The van der Waals surface area contributed by atoms with Gasteiger partial charge in [0.05, 0.1) is 11.3 Å². The highest BCUT2D eigenvalue weighted by Gasteiger charge is 2.32. The lowest BCUT2D eigenvalue weighted by Gasteiger charge is -2.23. The van der Waals surface area contributed by atoms with Crippen LogP contribution in [0.1, 0.15) is 24.3 Å². The fraction of sp³-hybridized carbons (Fsp3) is 0.250. The Morgan fingerprint density at radius 1 is 1.16 bits per heavy atom. The monoisotopic (exact) mass is 531 g/mol. The molecule has 0 aliphatic carbocycles. The standard InChI is InChI=1S/C24H21F4N7OS/c25-16-9-14(8-15(10-16)24(26,27)28)19-12-37-23(32-19)31-17-5-3-13(4-6-17)21-33-20(36-34-21)11-18-2-1-7-35(18)22(29)30/h3-6,8-10,12,18H,1-2,7,11H2,(H3,29,30)(H,31,32)/t18-/m0/s1. The number of nitrogens with two attached hydrogens (primary N) is 1. The van der Waals surface area contributed by atoms with Crippen molar-refractivity contribution in [1.82, 2.24) is 20.0 Å². The van der Waals surface area contributed by atoms with Crippen molar-refractivity contribution in [1.29, 1.82) is 5.41 Å². The van der Waals surface area contributed by atoms with Crippen LogP contribution in [0.4, 0.5) is 28.4 Å². The molecule has 5 rings (SSSR count). The Morgan fingerprint density at radius 3 is 2.68 bits per heavy atom. The molecule has 1 aliphatic heterocycles. The lowest BCUT2D eigenvalue weighted by Crippen LogP contribution is -2.41. The summed E-state index contributed by atoms with van der Waals surface area (Å²) in [7, 11) is 0. The Hall–Kier alpha value is -4.00. The van der Waals surface area contributed by atoms with Crippen LogP contribution < -0.4 is 11.1 Å². The maximum absolute atomic E-state index is 13.8. The summed E-state index contributed by atoms with van der Waals surface area (Å²) in [6, 6.07) is 9.57. The highest BCUT2D eigenvalue weighted by Crippen LogP contribution is 2.34. The Bertz CT molecular complexity index is 1420. The molecule has 0 bridgehead atoms. The molecule has 0 spiro atoms. The van der Waals surface area contributed by atoms with Crippen molar-refractivity contribution in [2.45, 2.75) is 31.5 Å². The highest BCUT2D eigenvalue weighted by molar-refractivity contribution is 7.14. The van der Waals surface area contributed by atoms with Gasteiger partial charge in [0.2, 0.25) is 11.7 Å². The van der Waals surface area contributed by atoms with Gasteiger partial charge in [0.15, 0.2) is 11.1 Å². The number of likely N-dealkylation sites (tertiary alicyclic amines) is 1. The first kappa shape index (κ1) is 24.7. The van der Waals surface area contributed by atoms with E-state index in [1.165, 1.54) is 11.3 Å². The molecule has 37 heavy (non-hydrogen) atoms. The molecule has 0 amide bonds. The Morgan fingerprint density at radius 2 is 1.95 bits per heavy atom. The normalized spacial score (nSPS) is 15.8. The van der Waals surface area contributed by atoms with E-state index in [1.54, 1.807) is 29.6 Å². The van der Waals surface area contributed by atoms with Crippen LogP contribution in [0, 0.1) is 11.2 Å². The van der Waals surface area contributed by atoms with Crippen molar-refractivity contribution in [3.05, 3.63) is 65.1 Å². The largest absolute Gasteiger partial charge is 0.416 e. The average molecular weight is 532 g/mol. The summed E-state index contributed by atoms with van der Waals surface area (Å²) in [5.74, 6) is -0.0413. The predicted molar refractivity (Wildman–Crippen MR) is 131 cm³/mol. The van der Waals surface area contributed by atoms with Gasteiger partial charge in [-0.1, -0.05) is 5.16 Å². The van der Waals surface area contributed by atoms with Crippen LogP contribution in [0.5, 0.6) is 0 Å². The number of nitrogens with one attached hydrogen (secondary N) is 2. The predicted octanol–water partition coefficient (Wildman–Crippen LogP) is 5.66. The molecule has 2 aromatic carbocycles. The number of guanidine groups is 1. The molecule has 2 aromatic heterocycles. The minimum absolute atomic E-state index is 0.0414. The van der Waals surface area contributed by atoms with E-state index in [9.17, 15) is 17.6 Å². The molecule has 1 atom stereocenters. The van der Waals surface area contributed by atoms with Gasteiger partial charge in [-0.15, -0.1) is 11.3 Å². The second-order valence-electron chi connectivity index (χ2n) is 8.56. The third-order valence-corrected chi connectivity index (χ3v) is 6.74. The first-order valence-electron chi connectivity index (χ1n) is 11.3. The Balaban J connectivity index is 1.25. The number of hydrogen-bond acceptors (Lipinski definition) is 7. The van der Waals surface area contributed by atoms with E-state index in [0.29, 0.717) is 35.0 Å². The number of anilines is 2. The van der Waals surface area contributed by atoms with Gasteiger partial charge in [-0.2, -0.15) is 18.2 Å². The summed E-state index contributed by atoms with van der Waals surface area (Å²) in [5.41, 5.74) is 6.28. The quantitative estimate of drug-likeness (QED) is 0.167. The van der Waals surface area contributed by atoms with Crippen LogP contribution in [0.3, 0.4) is 0 Å². The van der Waals surface area contributed by atoms with Gasteiger partial charge in [-0.05, 0) is 55.3 Å². The molecule has 0 radical (unpaired) electrons. The molecule has 4 N–H and O–H groups in total. The van der Waals surface area contributed by atoms with E-state index >= 15 is 0 Å². The molecule has 1 saturated heterocycles. The van der Waals surface area contributed by atoms with Gasteiger partial charge >= 0.3 is 6.18 Å². The van der Waals surface area contributed by atoms with Crippen LogP contribution >= 0.6 is 11.3 Å². The smallest absolute Gasteiger partial charge is 0.370 e. The summed E-state index contributed by atoms with van der Waals surface area (Å²) in [5, 5.41) is 16.8. The van der Waals surface area contributed by atoms with Gasteiger partial charge in [-0.3, -0.25) is 5.41 Å². The van der Waals surface area contributed by atoms with Crippen molar-refractivity contribution >= 4 is 28.1 Å². The van der Waals surface area contributed by atoms with Crippen molar-refractivity contribution in [3.63, 3.8) is 0 Å². The van der Waals surface area contributed by atoms with Crippen LogP contribution in [0.25, 0.3) is 22.6 Å². The summed E-state index contributed by atoms with van der Waals surface area (Å²) < 4.78 is 58.2. The number of nitrogens with zero attached hydrogens (tertiary/aromatic N) is 4. The molecule has 1 fully saturated rings. The zero-order valence-corrected chi connectivity index (χ0v) is 20.0. The topological polar surface area (TPSA) is 117 Å². The van der Waals surface area contributed by atoms with Crippen LogP contribution in [0.2, 0.25) is 0 Å². The van der Waals surface area contributed by atoms with Gasteiger partial charge in [-0.25, -0.2) is 9.37 Å². The number of halogens is 4. The van der Waals surface area contributed by atoms with E-state index in [0.717, 1.165) is 37.1 Å². The molecule has 0 saturated carbocycles. The maximum atomic E-state index is 13.8. The van der Waals surface area contributed by atoms with Gasteiger partial charge in [0.25, 0.3) is 0 Å². The molecule has 4 aromatic rings. The Kier molecular flexibility index (Phi) is 6.54. The second-order valence-corrected chi connectivity index (χ2v) is 9.42. The van der Waals surface area contributed by atoms with E-state index in [1.807, 2.05) is 4.90 Å². The number of aromatic nitrogens is 3. The van der Waals surface area contributed by atoms with Crippen molar-refractivity contribution < 1.29 is 22.1 Å². The average Bonchev–Trinajstić information content (AvgIpc) is 3.60. The molecule has 3 heterocycles. The molecule has 0 unspecified atom stereocenters. The number of benzene rings is 2. The molecular weight excluding hydrogens is 510 g/mol. The number of alkyl halides is 3. The van der Waals surface area contributed by atoms with Gasteiger partial charge < -0.3 is 20.5 Å². The van der Waals surface area contributed by atoms with Crippen LogP contribution in [0.15, 0.2) is 52.4 Å². The molecule has 192 valence electrons.